The van der Waals surface area contributed by atoms with E-state index in [0.717, 1.165) is 3.57 Å². The Morgan fingerprint density at radius 1 is 1.25 bits per heavy atom. The summed E-state index contributed by atoms with van der Waals surface area (Å²) in [5.74, 6) is 0.364. The Hall–Kier alpha value is -0.250. The van der Waals surface area contributed by atoms with Crippen molar-refractivity contribution in [3.05, 3.63) is 27.3 Å². The summed E-state index contributed by atoms with van der Waals surface area (Å²) in [5.41, 5.74) is 1.41. The molecule has 0 spiro atoms. The zero-order valence-electron chi connectivity index (χ0n) is 7.56. The van der Waals surface area contributed by atoms with Gasteiger partial charge in [0, 0.05) is 0 Å². The van der Waals surface area contributed by atoms with Gasteiger partial charge in [0.2, 0.25) is 0 Å². The second-order valence-electron chi connectivity index (χ2n) is 3.92. The molecule has 0 saturated carbocycles. The molecule has 0 aliphatic carbocycles. The predicted octanol–water partition coefficient (Wildman–Crippen LogP) is 3.29. The lowest BCUT2D eigenvalue weighted by atomic mass is 9.87. The van der Waals surface area contributed by atoms with Gasteiger partial charge in [-0.05, 0) is 45.7 Å². The van der Waals surface area contributed by atoms with Gasteiger partial charge in [-0.2, -0.15) is 0 Å². The van der Waals surface area contributed by atoms with E-state index in [4.69, 9.17) is 0 Å². The van der Waals surface area contributed by atoms with Crippen LogP contribution >= 0.6 is 22.6 Å². The van der Waals surface area contributed by atoms with Gasteiger partial charge < -0.3 is 5.11 Å². The molecule has 1 aromatic rings. The Bertz CT molecular complexity index is 286. The minimum absolute atomic E-state index is 0.160. The molecule has 0 unspecified atom stereocenters. The largest absolute Gasteiger partial charge is 0.507 e. The first kappa shape index (κ1) is 9.84. The van der Waals surface area contributed by atoms with Crippen LogP contribution in [0.25, 0.3) is 0 Å². The third-order valence-electron chi connectivity index (χ3n) is 1.81. The number of phenols is 1. The maximum atomic E-state index is 9.30. The van der Waals surface area contributed by atoms with Crippen LogP contribution in [0.15, 0.2) is 18.2 Å². The van der Waals surface area contributed by atoms with Gasteiger partial charge >= 0.3 is 0 Å². The van der Waals surface area contributed by atoms with E-state index in [1.165, 1.54) is 5.56 Å². The molecule has 1 rings (SSSR count). The second kappa shape index (κ2) is 3.24. The maximum absolute atomic E-state index is 9.30. The minimum Gasteiger partial charge on any atom is -0.507 e. The normalized spacial score (nSPS) is 11.7. The summed E-state index contributed by atoms with van der Waals surface area (Å²) < 4.78 is 0.917. The summed E-state index contributed by atoms with van der Waals surface area (Å²) in [5, 5.41) is 9.30. The Balaban J connectivity index is 3.14. The van der Waals surface area contributed by atoms with E-state index < -0.39 is 0 Å². The fourth-order valence-electron chi connectivity index (χ4n) is 0.973. The molecule has 0 aromatic heterocycles. The van der Waals surface area contributed by atoms with Crippen LogP contribution in [0.1, 0.15) is 26.3 Å². The Morgan fingerprint density at radius 3 is 2.25 bits per heavy atom. The molecule has 0 heterocycles. The van der Waals surface area contributed by atoms with Crippen molar-refractivity contribution in [2.24, 2.45) is 0 Å². The average Bonchev–Trinajstić information content (AvgIpc) is 1.92. The van der Waals surface area contributed by atoms with E-state index in [0.29, 0.717) is 5.75 Å². The van der Waals surface area contributed by atoms with Gasteiger partial charge in [-0.25, -0.2) is 0 Å². The van der Waals surface area contributed by atoms with Crippen molar-refractivity contribution in [2.75, 3.05) is 0 Å². The molecule has 0 fully saturated rings. The van der Waals surface area contributed by atoms with E-state index in [1.54, 1.807) is 6.07 Å². The van der Waals surface area contributed by atoms with Crippen LogP contribution in [0.2, 0.25) is 0 Å². The van der Waals surface area contributed by atoms with Crippen LogP contribution in [0.3, 0.4) is 0 Å². The number of hydrogen-bond acceptors (Lipinski definition) is 1. The van der Waals surface area contributed by atoms with Crippen LogP contribution in [0.5, 0.6) is 5.75 Å². The van der Waals surface area contributed by atoms with Crippen molar-refractivity contribution in [1.82, 2.24) is 0 Å². The van der Waals surface area contributed by atoms with Crippen molar-refractivity contribution in [2.45, 2.75) is 26.2 Å². The van der Waals surface area contributed by atoms with Gasteiger partial charge in [-0.15, -0.1) is 0 Å². The maximum Gasteiger partial charge on any atom is 0.128 e. The monoisotopic (exact) mass is 276 g/mol. The van der Waals surface area contributed by atoms with E-state index in [2.05, 4.69) is 43.4 Å². The molecule has 0 amide bonds. The highest BCUT2D eigenvalue weighted by Crippen LogP contribution is 2.27. The molecule has 66 valence electrons. The van der Waals surface area contributed by atoms with E-state index >= 15 is 0 Å². The molecule has 0 bridgehead atoms. The Kier molecular flexibility index (Phi) is 2.66. The summed E-state index contributed by atoms with van der Waals surface area (Å²) in [7, 11) is 0. The molecular weight excluding hydrogens is 263 g/mol. The summed E-state index contributed by atoms with van der Waals surface area (Å²) in [6.07, 6.45) is 0. The molecule has 0 aliphatic rings. The quantitative estimate of drug-likeness (QED) is 0.721. The van der Waals surface area contributed by atoms with Crippen molar-refractivity contribution < 1.29 is 5.11 Å². The molecule has 0 radical (unpaired) electrons. The summed E-state index contributed by atoms with van der Waals surface area (Å²) in [4.78, 5) is 0. The number of aromatic hydroxyl groups is 1. The fourth-order valence-corrected chi connectivity index (χ4v) is 1.49. The predicted molar refractivity (Wildman–Crippen MR) is 59.5 cm³/mol. The van der Waals surface area contributed by atoms with Gasteiger partial charge in [0.05, 0.1) is 3.57 Å². The molecule has 1 nitrogen and oxygen atoms in total. The summed E-state index contributed by atoms with van der Waals surface area (Å²) in [6.45, 7) is 6.49. The van der Waals surface area contributed by atoms with Gasteiger partial charge in [0.15, 0.2) is 0 Å². The van der Waals surface area contributed by atoms with Crippen LogP contribution in [0, 0.1) is 3.57 Å². The fraction of sp³-hybridized carbons (Fsp3) is 0.400. The van der Waals surface area contributed by atoms with E-state index in [1.807, 2.05) is 12.1 Å². The van der Waals surface area contributed by atoms with Gasteiger partial charge in [0.25, 0.3) is 0 Å². The van der Waals surface area contributed by atoms with E-state index in [9.17, 15) is 5.11 Å². The molecule has 0 aliphatic heterocycles. The third kappa shape index (κ3) is 2.12. The number of hydrogen-bond donors (Lipinski definition) is 1. The van der Waals surface area contributed by atoms with Gasteiger partial charge in [-0.1, -0.05) is 26.8 Å². The first-order valence-electron chi connectivity index (χ1n) is 3.90. The van der Waals surface area contributed by atoms with Crippen LogP contribution in [0.4, 0.5) is 0 Å². The Morgan fingerprint density at radius 2 is 1.83 bits per heavy atom. The average molecular weight is 276 g/mol. The zero-order valence-corrected chi connectivity index (χ0v) is 9.71. The molecular formula is C10H13IO. The molecule has 0 atom stereocenters. The van der Waals surface area contributed by atoms with Crippen molar-refractivity contribution in [3.8, 4) is 5.75 Å². The highest BCUT2D eigenvalue weighted by atomic mass is 127. The number of halogens is 1. The van der Waals surface area contributed by atoms with E-state index in [-0.39, 0.29) is 5.41 Å². The zero-order chi connectivity index (χ0) is 9.35. The first-order valence-corrected chi connectivity index (χ1v) is 4.98. The highest BCUT2D eigenvalue weighted by molar-refractivity contribution is 14.1. The number of phenolic OH excluding ortho intramolecular Hbond substituents is 1. The van der Waals surface area contributed by atoms with Crippen molar-refractivity contribution in [1.29, 1.82) is 0 Å². The lowest BCUT2D eigenvalue weighted by Gasteiger charge is -2.19. The van der Waals surface area contributed by atoms with Crippen LogP contribution in [-0.2, 0) is 5.41 Å². The molecule has 0 saturated heterocycles. The molecule has 1 aromatic carbocycles. The smallest absolute Gasteiger partial charge is 0.128 e. The van der Waals surface area contributed by atoms with Crippen LogP contribution < -0.4 is 0 Å². The third-order valence-corrected chi connectivity index (χ3v) is 2.68. The number of benzene rings is 1. The Labute approximate surface area is 86.9 Å². The highest BCUT2D eigenvalue weighted by Gasteiger charge is 2.14. The number of rotatable bonds is 0. The standard InChI is InChI=1S/C10H13IO/c1-10(2,3)7-4-5-9(12)8(11)6-7/h4-6,12H,1-3H3. The summed E-state index contributed by atoms with van der Waals surface area (Å²) in [6, 6.07) is 5.75. The summed E-state index contributed by atoms with van der Waals surface area (Å²) >= 11 is 2.14. The minimum atomic E-state index is 0.160. The van der Waals surface area contributed by atoms with Gasteiger partial charge in [0.1, 0.15) is 5.75 Å². The molecule has 2 heteroatoms. The molecule has 1 N–H and O–H groups in total. The second-order valence-corrected chi connectivity index (χ2v) is 5.08. The van der Waals surface area contributed by atoms with Crippen molar-refractivity contribution >= 4 is 22.6 Å². The van der Waals surface area contributed by atoms with Crippen LogP contribution in [-0.4, -0.2) is 5.11 Å². The first-order chi connectivity index (χ1) is 5.41. The SMILES string of the molecule is CC(C)(C)c1ccc(O)c(I)c1. The lowest BCUT2D eigenvalue weighted by Crippen LogP contribution is -2.10. The topological polar surface area (TPSA) is 20.2 Å². The lowest BCUT2D eigenvalue weighted by molar-refractivity contribution is 0.470. The van der Waals surface area contributed by atoms with Crippen molar-refractivity contribution in [3.63, 3.8) is 0 Å². The van der Waals surface area contributed by atoms with Gasteiger partial charge in [-0.3, -0.25) is 0 Å². The molecule has 12 heavy (non-hydrogen) atoms.